The van der Waals surface area contributed by atoms with E-state index in [0.29, 0.717) is 13.1 Å². The van der Waals surface area contributed by atoms with Gasteiger partial charge in [0.25, 0.3) is 0 Å². The van der Waals surface area contributed by atoms with E-state index in [1.807, 2.05) is 60.7 Å². The first-order valence-corrected chi connectivity index (χ1v) is 8.21. The van der Waals surface area contributed by atoms with Crippen LogP contribution in [-0.2, 0) is 22.7 Å². The fourth-order valence-electron chi connectivity index (χ4n) is 2.35. The van der Waals surface area contributed by atoms with Crippen molar-refractivity contribution >= 4 is 11.8 Å². The number of rotatable bonds is 6. The Morgan fingerprint density at radius 2 is 1.36 bits per heavy atom. The van der Waals surface area contributed by atoms with Gasteiger partial charge in [-0.3, -0.25) is 9.59 Å². The van der Waals surface area contributed by atoms with Gasteiger partial charge in [0.1, 0.15) is 0 Å². The molecule has 2 amide bonds. The molecule has 2 rings (SSSR count). The van der Waals surface area contributed by atoms with E-state index in [4.69, 9.17) is 0 Å². The molecule has 25 heavy (non-hydrogen) atoms. The van der Waals surface area contributed by atoms with Crippen LogP contribution in [0.2, 0.25) is 0 Å². The number of hydrogen-bond donors (Lipinski definition) is 2. The first kappa shape index (κ1) is 18.7. The van der Waals surface area contributed by atoms with Crippen molar-refractivity contribution in [3.63, 3.8) is 0 Å². The van der Waals surface area contributed by atoms with E-state index in [1.54, 1.807) is 13.8 Å². The van der Waals surface area contributed by atoms with Crippen LogP contribution in [-0.4, -0.2) is 34.0 Å². The number of amides is 2. The van der Waals surface area contributed by atoms with Crippen LogP contribution < -0.4 is 5.32 Å². The SMILES string of the molecule is CC(C)(CO)NC(=O)C(=O)N(Cc1ccccc1)Cc1ccccc1. The summed E-state index contributed by atoms with van der Waals surface area (Å²) < 4.78 is 0. The maximum atomic E-state index is 12.7. The van der Waals surface area contributed by atoms with E-state index in [1.165, 1.54) is 4.90 Å². The number of nitrogens with one attached hydrogen (secondary N) is 1. The van der Waals surface area contributed by atoms with Gasteiger partial charge in [-0.2, -0.15) is 0 Å². The maximum absolute atomic E-state index is 12.7. The molecule has 0 atom stereocenters. The molecule has 0 aromatic heterocycles. The normalized spacial score (nSPS) is 11.0. The average Bonchev–Trinajstić information content (AvgIpc) is 2.62. The molecule has 2 aromatic carbocycles. The Morgan fingerprint density at radius 1 is 0.920 bits per heavy atom. The number of hydrogen-bond acceptors (Lipinski definition) is 3. The van der Waals surface area contributed by atoms with Gasteiger partial charge in [-0.25, -0.2) is 0 Å². The molecule has 0 aliphatic heterocycles. The van der Waals surface area contributed by atoms with Gasteiger partial charge in [-0.1, -0.05) is 60.7 Å². The topological polar surface area (TPSA) is 69.6 Å². The molecule has 5 heteroatoms. The van der Waals surface area contributed by atoms with Crippen LogP contribution in [0.4, 0.5) is 0 Å². The smallest absolute Gasteiger partial charge is 0.312 e. The van der Waals surface area contributed by atoms with Crippen molar-refractivity contribution in [3.8, 4) is 0 Å². The van der Waals surface area contributed by atoms with Gasteiger partial charge in [-0.15, -0.1) is 0 Å². The molecule has 0 bridgehead atoms. The molecule has 0 spiro atoms. The molecule has 2 aromatic rings. The van der Waals surface area contributed by atoms with Gasteiger partial charge in [0, 0.05) is 13.1 Å². The number of carbonyl (C=O) groups is 2. The molecule has 0 fully saturated rings. The highest BCUT2D eigenvalue weighted by Gasteiger charge is 2.27. The van der Waals surface area contributed by atoms with Gasteiger partial charge >= 0.3 is 11.8 Å². The maximum Gasteiger partial charge on any atom is 0.312 e. The van der Waals surface area contributed by atoms with Gasteiger partial charge < -0.3 is 15.3 Å². The minimum atomic E-state index is -0.849. The molecule has 2 N–H and O–H groups in total. The lowest BCUT2D eigenvalue weighted by atomic mass is 10.1. The zero-order valence-electron chi connectivity index (χ0n) is 14.6. The molecule has 132 valence electrons. The molecule has 0 heterocycles. The number of carbonyl (C=O) groups excluding carboxylic acids is 2. The monoisotopic (exact) mass is 340 g/mol. The van der Waals surface area contributed by atoms with Crippen LogP contribution in [0.3, 0.4) is 0 Å². The summed E-state index contributed by atoms with van der Waals surface area (Å²) >= 11 is 0. The minimum Gasteiger partial charge on any atom is -0.394 e. The van der Waals surface area contributed by atoms with Crippen LogP contribution in [0.15, 0.2) is 60.7 Å². The zero-order chi connectivity index (χ0) is 18.3. The van der Waals surface area contributed by atoms with Crippen molar-refractivity contribution in [2.75, 3.05) is 6.61 Å². The fourth-order valence-corrected chi connectivity index (χ4v) is 2.35. The first-order chi connectivity index (χ1) is 11.9. The van der Waals surface area contributed by atoms with Gasteiger partial charge in [0.15, 0.2) is 0 Å². The van der Waals surface area contributed by atoms with E-state index >= 15 is 0 Å². The van der Waals surface area contributed by atoms with Gasteiger partial charge in [0.05, 0.1) is 12.1 Å². The Balaban J connectivity index is 2.18. The Morgan fingerprint density at radius 3 is 1.76 bits per heavy atom. The van der Waals surface area contributed by atoms with Crippen molar-refractivity contribution in [3.05, 3.63) is 71.8 Å². The van der Waals surface area contributed by atoms with Crippen molar-refractivity contribution < 1.29 is 14.7 Å². The zero-order valence-corrected chi connectivity index (χ0v) is 14.6. The van der Waals surface area contributed by atoms with E-state index in [2.05, 4.69) is 5.32 Å². The number of aliphatic hydroxyl groups excluding tert-OH is 1. The third-order valence-corrected chi connectivity index (χ3v) is 3.76. The van der Waals surface area contributed by atoms with E-state index in [0.717, 1.165) is 11.1 Å². The standard InChI is InChI=1S/C20H24N2O3/c1-20(2,15-23)21-18(24)19(25)22(13-16-9-5-3-6-10-16)14-17-11-7-4-8-12-17/h3-12,23H,13-15H2,1-2H3,(H,21,24). The van der Waals surface area contributed by atoms with E-state index in [-0.39, 0.29) is 6.61 Å². The molecular weight excluding hydrogens is 316 g/mol. The lowest BCUT2D eigenvalue weighted by Gasteiger charge is -2.27. The lowest BCUT2D eigenvalue weighted by molar-refractivity contribution is -0.147. The van der Waals surface area contributed by atoms with Crippen molar-refractivity contribution in [1.82, 2.24) is 10.2 Å². The summed E-state index contributed by atoms with van der Waals surface area (Å²) in [7, 11) is 0. The Hall–Kier alpha value is -2.66. The van der Waals surface area contributed by atoms with Crippen LogP contribution in [0, 0.1) is 0 Å². The molecule has 0 saturated heterocycles. The van der Waals surface area contributed by atoms with Crippen molar-refractivity contribution in [2.24, 2.45) is 0 Å². The molecule has 0 aliphatic carbocycles. The highest BCUT2D eigenvalue weighted by atomic mass is 16.3. The van der Waals surface area contributed by atoms with Crippen LogP contribution >= 0.6 is 0 Å². The van der Waals surface area contributed by atoms with Crippen molar-refractivity contribution in [1.29, 1.82) is 0 Å². The molecule has 0 saturated carbocycles. The summed E-state index contributed by atoms with van der Waals surface area (Å²) in [5.74, 6) is -1.33. The van der Waals surface area contributed by atoms with E-state index < -0.39 is 17.4 Å². The van der Waals surface area contributed by atoms with Crippen LogP contribution in [0.5, 0.6) is 0 Å². The Bertz CT molecular complexity index is 658. The summed E-state index contributed by atoms with van der Waals surface area (Å²) in [6.07, 6.45) is 0. The number of nitrogens with zero attached hydrogens (tertiary/aromatic N) is 1. The lowest BCUT2D eigenvalue weighted by Crippen LogP contribution is -2.52. The second kappa shape index (κ2) is 8.44. The summed E-state index contributed by atoms with van der Waals surface area (Å²) in [4.78, 5) is 26.5. The molecule has 0 unspecified atom stereocenters. The third-order valence-electron chi connectivity index (χ3n) is 3.76. The fraction of sp³-hybridized carbons (Fsp3) is 0.300. The first-order valence-electron chi connectivity index (χ1n) is 8.21. The Labute approximate surface area is 148 Å². The quantitative estimate of drug-likeness (QED) is 0.791. The molecule has 0 aliphatic rings. The number of aliphatic hydroxyl groups is 1. The summed E-state index contributed by atoms with van der Waals surface area (Å²) in [5.41, 5.74) is 1.04. The van der Waals surface area contributed by atoms with Gasteiger partial charge in [0.2, 0.25) is 0 Å². The van der Waals surface area contributed by atoms with Gasteiger partial charge in [-0.05, 0) is 25.0 Å². The summed E-state index contributed by atoms with van der Waals surface area (Å²) in [5, 5.41) is 11.9. The van der Waals surface area contributed by atoms with Crippen LogP contribution in [0.25, 0.3) is 0 Å². The predicted molar refractivity (Wildman–Crippen MR) is 96.4 cm³/mol. The molecular formula is C20H24N2O3. The number of benzene rings is 2. The second-order valence-corrected chi connectivity index (χ2v) is 6.63. The Kier molecular flexibility index (Phi) is 6.31. The van der Waals surface area contributed by atoms with E-state index in [9.17, 15) is 14.7 Å². The summed E-state index contributed by atoms with van der Waals surface area (Å²) in [6, 6.07) is 19.1. The molecule has 5 nitrogen and oxygen atoms in total. The summed E-state index contributed by atoms with van der Waals surface area (Å²) in [6.45, 7) is 3.75. The largest absolute Gasteiger partial charge is 0.394 e. The highest BCUT2D eigenvalue weighted by molar-refractivity contribution is 6.35. The predicted octanol–water partition coefficient (Wildman–Crippen LogP) is 2.10. The highest BCUT2D eigenvalue weighted by Crippen LogP contribution is 2.11. The second-order valence-electron chi connectivity index (χ2n) is 6.63. The average molecular weight is 340 g/mol. The molecule has 0 radical (unpaired) electrons. The van der Waals surface area contributed by atoms with Crippen LogP contribution in [0.1, 0.15) is 25.0 Å². The minimum absolute atomic E-state index is 0.247. The van der Waals surface area contributed by atoms with Crippen molar-refractivity contribution in [2.45, 2.75) is 32.5 Å². The third kappa shape index (κ3) is 5.72.